The zero-order chi connectivity index (χ0) is 19.6. The standard InChI is InChI=1S/C24H30N2O2/c1-25-16-8-13-24(28,22(25)27)19-26-17-14-23(15-18-26,20-9-4-2-5-10-20)21-11-6-3-7-12-21/h2-7,9-12,28H,8,13-19H2,1H3. The number of aliphatic hydroxyl groups is 1. The number of hydrogen-bond acceptors (Lipinski definition) is 3. The maximum atomic E-state index is 12.5. The molecule has 2 aliphatic heterocycles. The van der Waals surface area contributed by atoms with Crippen molar-refractivity contribution in [3.05, 3.63) is 71.8 Å². The molecule has 4 heteroatoms. The molecule has 0 aromatic heterocycles. The number of rotatable bonds is 4. The number of hydrogen-bond donors (Lipinski definition) is 1. The zero-order valence-electron chi connectivity index (χ0n) is 16.7. The Bertz CT molecular complexity index is 758. The van der Waals surface area contributed by atoms with Gasteiger partial charge < -0.3 is 10.0 Å². The lowest BCUT2D eigenvalue weighted by atomic mass is 9.68. The highest BCUT2D eigenvalue weighted by molar-refractivity contribution is 5.85. The Kier molecular flexibility index (Phi) is 5.26. The third-order valence-corrected chi connectivity index (χ3v) is 6.68. The van der Waals surface area contributed by atoms with E-state index in [4.69, 9.17) is 0 Å². The van der Waals surface area contributed by atoms with E-state index in [1.54, 1.807) is 11.9 Å². The minimum atomic E-state index is -1.23. The Morgan fingerprint density at radius 1 is 0.857 bits per heavy atom. The molecule has 0 spiro atoms. The van der Waals surface area contributed by atoms with Crippen LogP contribution in [-0.4, -0.2) is 59.6 Å². The van der Waals surface area contributed by atoms with Gasteiger partial charge in [-0.2, -0.15) is 0 Å². The molecule has 1 atom stereocenters. The molecule has 1 N–H and O–H groups in total. The Morgan fingerprint density at radius 2 is 1.39 bits per heavy atom. The number of piperidine rings is 2. The van der Waals surface area contributed by atoms with Gasteiger partial charge in [-0.05, 0) is 49.9 Å². The first-order chi connectivity index (χ1) is 13.5. The smallest absolute Gasteiger partial charge is 0.255 e. The average Bonchev–Trinajstić information content (AvgIpc) is 2.74. The van der Waals surface area contributed by atoms with Crippen molar-refractivity contribution in [2.75, 3.05) is 33.2 Å². The van der Waals surface area contributed by atoms with E-state index in [-0.39, 0.29) is 11.3 Å². The predicted molar refractivity (Wildman–Crippen MR) is 111 cm³/mol. The lowest BCUT2D eigenvalue weighted by Gasteiger charge is -2.46. The molecule has 2 aromatic rings. The van der Waals surface area contributed by atoms with Crippen LogP contribution in [0.3, 0.4) is 0 Å². The number of carbonyl (C=O) groups excluding carboxylic acids is 1. The maximum Gasteiger partial charge on any atom is 0.255 e. The zero-order valence-corrected chi connectivity index (χ0v) is 16.7. The van der Waals surface area contributed by atoms with Crippen LogP contribution in [0.5, 0.6) is 0 Å². The van der Waals surface area contributed by atoms with Crippen LogP contribution < -0.4 is 0 Å². The predicted octanol–water partition coefficient (Wildman–Crippen LogP) is 3.05. The lowest BCUT2D eigenvalue weighted by molar-refractivity contribution is -0.158. The van der Waals surface area contributed by atoms with Crippen LogP contribution in [-0.2, 0) is 10.2 Å². The maximum absolute atomic E-state index is 12.5. The average molecular weight is 379 g/mol. The molecule has 2 fully saturated rings. The molecule has 148 valence electrons. The Balaban J connectivity index is 1.54. The van der Waals surface area contributed by atoms with Gasteiger partial charge in [0.15, 0.2) is 5.60 Å². The van der Waals surface area contributed by atoms with Crippen LogP contribution in [0.1, 0.15) is 36.8 Å². The van der Waals surface area contributed by atoms with E-state index >= 15 is 0 Å². The molecule has 0 saturated carbocycles. The molecule has 1 amide bonds. The summed E-state index contributed by atoms with van der Waals surface area (Å²) in [6, 6.07) is 21.5. The minimum Gasteiger partial charge on any atom is -0.379 e. The summed E-state index contributed by atoms with van der Waals surface area (Å²) in [5.74, 6) is -0.123. The summed E-state index contributed by atoms with van der Waals surface area (Å²) in [7, 11) is 1.79. The highest BCUT2D eigenvalue weighted by Gasteiger charge is 2.44. The highest BCUT2D eigenvalue weighted by Crippen LogP contribution is 2.42. The van der Waals surface area contributed by atoms with E-state index in [9.17, 15) is 9.90 Å². The van der Waals surface area contributed by atoms with E-state index < -0.39 is 5.60 Å². The van der Waals surface area contributed by atoms with Gasteiger partial charge in [0.25, 0.3) is 5.91 Å². The van der Waals surface area contributed by atoms with Crippen LogP contribution in [0.4, 0.5) is 0 Å². The molecule has 2 saturated heterocycles. The first kappa shape index (κ1) is 19.2. The van der Waals surface area contributed by atoms with Crippen molar-refractivity contribution in [2.45, 2.75) is 36.7 Å². The molecule has 0 radical (unpaired) electrons. The summed E-state index contributed by atoms with van der Waals surface area (Å²) in [6.07, 6.45) is 3.40. The summed E-state index contributed by atoms with van der Waals surface area (Å²) in [6.45, 7) is 2.94. The van der Waals surface area contributed by atoms with Crippen molar-refractivity contribution >= 4 is 5.91 Å². The van der Waals surface area contributed by atoms with Crippen molar-refractivity contribution in [2.24, 2.45) is 0 Å². The van der Waals surface area contributed by atoms with Crippen LogP contribution in [0.15, 0.2) is 60.7 Å². The first-order valence-corrected chi connectivity index (χ1v) is 10.3. The summed E-state index contributed by atoms with van der Waals surface area (Å²) < 4.78 is 0. The van der Waals surface area contributed by atoms with E-state index in [2.05, 4.69) is 65.6 Å². The number of carbonyl (C=O) groups is 1. The SMILES string of the molecule is CN1CCCC(O)(CN2CCC(c3ccccc3)(c3ccccc3)CC2)C1=O. The molecule has 0 bridgehead atoms. The highest BCUT2D eigenvalue weighted by atomic mass is 16.3. The number of likely N-dealkylation sites (N-methyl/N-ethyl adjacent to an activating group) is 1. The fourth-order valence-corrected chi connectivity index (χ4v) is 5.04. The third kappa shape index (κ3) is 3.47. The van der Waals surface area contributed by atoms with E-state index in [1.165, 1.54) is 11.1 Å². The number of nitrogens with zero attached hydrogens (tertiary/aromatic N) is 2. The fourth-order valence-electron chi connectivity index (χ4n) is 5.04. The summed E-state index contributed by atoms with van der Waals surface area (Å²) >= 11 is 0. The van der Waals surface area contributed by atoms with Gasteiger partial charge >= 0.3 is 0 Å². The van der Waals surface area contributed by atoms with Gasteiger partial charge in [0.2, 0.25) is 0 Å². The molecule has 2 aromatic carbocycles. The third-order valence-electron chi connectivity index (χ3n) is 6.68. The second-order valence-electron chi connectivity index (χ2n) is 8.45. The monoisotopic (exact) mass is 378 g/mol. The molecule has 1 unspecified atom stereocenters. The number of amides is 1. The quantitative estimate of drug-likeness (QED) is 0.889. The van der Waals surface area contributed by atoms with Gasteiger partial charge in [0.1, 0.15) is 0 Å². The van der Waals surface area contributed by atoms with Gasteiger partial charge in [0, 0.05) is 25.6 Å². The molecule has 28 heavy (non-hydrogen) atoms. The Labute approximate surface area is 167 Å². The molecule has 4 nitrogen and oxygen atoms in total. The van der Waals surface area contributed by atoms with Crippen LogP contribution in [0.2, 0.25) is 0 Å². The van der Waals surface area contributed by atoms with Crippen molar-refractivity contribution < 1.29 is 9.90 Å². The second-order valence-corrected chi connectivity index (χ2v) is 8.45. The molecule has 2 heterocycles. The van der Waals surface area contributed by atoms with Gasteiger partial charge in [-0.3, -0.25) is 9.69 Å². The van der Waals surface area contributed by atoms with E-state index in [0.29, 0.717) is 13.0 Å². The molecule has 2 aliphatic rings. The minimum absolute atomic E-state index is 0.00496. The molecular weight excluding hydrogens is 348 g/mol. The van der Waals surface area contributed by atoms with Crippen molar-refractivity contribution in [1.29, 1.82) is 0 Å². The lowest BCUT2D eigenvalue weighted by Crippen LogP contribution is -2.59. The normalized spacial score (nSPS) is 25.6. The summed E-state index contributed by atoms with van der Waals surface area (Å²) in [5, 5.41) is 11.0. The number of β-amino-alcohol motifs (C(OH)–C–C–N with tert-alkyl or cyclic N) is 1. The van der Waals surface area contributed by atoms with Crippen LogP contribution in [0.25, 0.3) is 0 Å². The van der Waals surface area contributed by atoms with Crippen molar-refractivity contribution in [3.63, 3.8) is 0 Å². The van der Waals surface area contributed by atoms with Gasteiger partial charge in [-0.1, -0.05) is 60.7 Å². The summed E-state index contributed by atoms with van der Waals surface area (Å²) in [4.78, 5) is 16.5. The molecular formula is C24H30N2O2. The van der Waals surface area contributed by atoms with Gasteiger partial charge in [-0.25, -0.2) is 0 Å². The summed E-state index contributed by atoms with van der Waals surface area (Å²) in [5.41, 5.74) is 1.47. The fraction of sp³-hybridized carbons (Fsp3) is 0.458. The van der Waals surface area contributed by atoms with E-state index in [0.717, 1.165) is 38.9 Å². The van der Waals surface area contributed by atoms with Gasteiger partial charge in [-0.15, -0.1) is 0 Å². The molecule has 0 aliphatic carbocycles. The van der Waals surface area contributed by atoms with Crippen LogP contribution >= 0.6 is 0 Å². The number of benzene rings is 2. The first-order valence-electron chi connectivity index (χ1n) is 10.3. The second kappa shape index (κ2) is 7.69. The number of likely N-dealkylation sites (tertiary alicyclic amines) is 2. The topological polar surface area (TPSA) is 43.8 Å². The van der Waals surface area contributed by atoms with Crippen LogP contribution in [0, 0.1) is 0 Å². The Morgan fingerprint density at radius 3 is 1.93 bits per heavy atom. The largest absolute Gasteiger partial charge is 0.379 e. The van der Waals surface area contributed by atoms with Crippen molar-refractivity contribution in [1.82, 2.24) is 9.80 Å². The Hall–Kier alpha value is -2.17. The van der Waals surface area contributed by atoms with Crippen molar-refractivity contribution in [3.8, 4) is 0 Å². The van der Waals surface area contributed by atoms with E-state index in [1.807, 2.05) is 0 Å². The molecule has 4 rings (SSSR count). The van der Waals surface area contributed by atoms with Gasteiger partial charge in [0.05, 0.1) is 0 Å².